The fourth-order valence-electron chi connectivity index (χ4n) is 3.36. The van der Waals surface area contributed by atoms with Crippen LogP contribution in [-0.2, 0) is 6.42 Å². The molecule has 7 heteroatoms. The summed E-state index contributed by atoms with van der Waals surface area (Å²) in [6.07, 6.45) is 2.30. The van der Waals surface area contributed by atoms with Crippen LogP contribution in [0.3, 0.4) is 0 Å². The number of rotatable bonds is 2. The third-order valence-electron chi connectivity index (χ3n) is 5.12. The largest absolute Gasteiger partial charge is 0.491 e. The Balaban J connectivity index is 1.73. The number of para-hydroxylation sites is 1. The van der Waals surface area contributed by atoms with Crippen molar-refractivity contribution >= 4 is 5.91 Å². The van der Waals surface area contributed by atoms with Gasteiger partial charge in [-0.3, -0.25) is 4.79 Å². The summed E-state index contributed by atoms with van der Waals surface area (Å²) in [4.78, 5) is 18.8. The van der Waals surface area contributed by atoms with Gasteiger partial charge in [-0.2, -0.15) is 0 Å². The van der Waals surface area contributed by atoms with Crippen molar-refractivity contribution in [1.82, 2.24) is 9.88 Å². The minimum atomic E-state index is -1.02. The molecule has 1 aromatic heterocycles. The highest BCUT2D eigenvalue weighted by Crippen LogP contribution is 2.22. The van der Waals surface area contributed by atoms with E-state index in [1.807, 2.05) is 24.3 Å². The molecule has 1 amide bonds. The zero-order valence-electron chi connectivity index (χ0n) is 16.7. The molecule has 156 valence electrons. The van der Waals surface area contributed by atoms with Crippen LogP contribution in [0.15, 0.2) is 42.6 Å². The molecule has 0 unspecified atom stereocenters. The van der Waals surface area contributed by atoms with Crippen LogP contribution in [0, 0.1) is 0 Å². The molecule has 0 saturated carbocycles. The number of aliphatic hydroxyl groups is 2. The van der Waals surface area contributed by atoms with Crippen molar-refractivity contribution in [2.24, 2.45) is 0 Å². The predicted octanol–water partition coefficient (Wildman–Crippen LogP) is 2.06. The second-order valence-corrected chi connectivity index (χ2v) is 7.18. The molecular formula is C22H28N2O5. The summed E-state index contributed by atoms with van der Waals surface area (Å²) in [7, 11) is 1.53. The summed E-state index contributed by atoms with van der Waals surface area (Å²) in [6.45, 7) is 0.918. The molecule has 3 rings (SSSR count). The molecule has 29 heavy (non-hydrogen) atoms. The number of carbonyl (C=O) groups excluding carboxylic acids is 1. The van der Waals surface area contributed by atoms with Gasteiger partial charge in [-0.25, -0.2) is 4.98 Å². The molecule has 1 aliphatic rings. The Hall–Kier alpha value is -2.64. The number of hydrogen-bond acceptors (Lipinski definition) is 6. The molecular weight excluding hydrogens is 372 g/mol. The summed E-state index contributed by atoms with van der Waals surface area (Å²) < 4.78 is 10.8. The highest BCUT2D eigenvalue weighted by Gasteiger charge is 2.22. The Morgan fingerprint density at radius 1 is 1.14 bits per heavy atom. The average Bonchev–Trinajstić information content (AvgIpc) is 2.77. The van der Waals surface area contributed by atoms with Gasteiger partial charge in [0.05, 0.1) is 18.8 Å². The van der Waals surface area contributed by atoms with Gasteiger partial charge in [-0.1, -0.05) is 18.2 Å². The Morgan fingerprint density at radius 3 is 2.72 bits per heavy atom. The van der Waals surface area contributed by atoms with E-state index >= 15 is 0 Å². The lowest BCUT2D eigenvalue weighted by molar-refractivity contribution is -0.0150. The minimum absolute atomic E-state index is 0.00846. The molecule has 2 atom stereocenters. The zero-order chi connectivity index (χ0) is 20.6. The Kier molecular flexibility index (Phi) is 7.43. The van der Waals surface area contributed by atoms with Gasteiger partial charge in [-0.15, -0.1) is 0 Å². The van der Waals surface area contributed by atoms with E-state index < -0.39 is 12.2 Å². The van der Waals surface area contributed by atoms with Gasteiger partial charge in [-0.05, 0) is 43.4 Å². The number of pyridine rings is 1. The minimum Gasteiger partial charge on any atom is -0.491 e. The monoisotopic (exact) mass is 400 g/mol. The summed E-state index contributed by atoms with van der Waals surface area (Å²) in [6, 6.07) is 11.1. The number of aromatic nitrogens is 1. The van der Waals surface area contributed by atoms with Crippen molar-refractivity contribution in [2.75, 3.05) is 26.8 Å². The lowest BCUT2D eigenvalue weighted by Gasteiger charge is -2.25. The molecule has 0 radical (unpaired) electrons. The van der Waals surface area contributed by atoms with Crippen LogP contribution >= 0.6 is 0 Å². The fraction of sp³-hybridized carbons (Fsp3) is 0.455. The molecule has 0 bridgehead atoms. The number of fused-ring (bicyclic) bond motifs is 1. The van der Waals surface area contributed by atoms with Crippen LogP contribution in [0.4, 0.5) is 0 Å². The number of amides is 1. The van der Waals surface area contributed by atoms with E-state index in [9.17, 15) is 15.0 Å². The number of carbonyl (C=O) groups is 1. The third-order valence-corrected chi connectivity index (χ3v) is 5.12. The van der Waals surface area contributed by atoms with E-state index in [-0.39, 0.29) is 18.9 Å². The second-order valence-electron chi connectivity index (χ2n) is 7.18. The van der Waals surface area contributed by atoms with Crippen LogP contribution in [-0.4, -0.2) is 65.0 Å². The van der Waals surface area contributed by atoms with Crippen LogP contribution in [0.2, 0.25) is 0 Å². The second kappa shape index (κ2) is 10.2. The van der Waals surface area contributed by atoms with Crippen LogP contribution in [0.25, 0.3) is 0 Å². The first-order chi connectivity index (χ1) is 14.1. The number of methoxy groups -OCH3 is 1. The molecule has 0 saturated heterocycles. The van der Waals surface area contributed by atoms with Gasteiger partial charge >= 0.3 is 0 Å². The van der Waals surface area contributed by atoms with Crippen molar-refractivity contribution in [3.05, 3.63) is 53.7 Å². The molecule has 2 heterocycles. The normalized spacial score (nSPS) is 21.0. The maximum absolute atomic E-state index is 12.9. The van der Waals surface area contributed by atoms with Crippen molar-refractivity contribution in [3.8, 4) is 11.6 Å². The lowest BCUT2D eigenvalue weighted by atomic mass is 10.1. The van der Waals surface area contributed by atoms with Crippen molar-refractivity contribution in [2.45, 2.75) is 37.9 Å². The molecule has 1 aliphatic heterocycles. The summed E-state index contributed by atoms with van der Waals surface area (Å²) in [5.74, 6) is 1.03. The smallest absolute Gasteiger partial charge is 0.255 e. The number of aryl methyl sites for hydroxylation is 1. The molecule has 2 aromatic rings. The van der Waals surface area contributed by atoms with Gasteiger partial charge in [0.25, 0.3) is 5.91 Å². The number of hydrogen-bond donors (Lipinski definition) is 2. The molecule has 0 fully saturated rings. The van der Waals surface area contributed by atoms with E-state index in [0.29, 0.717) is 24.5 Å². The lowest BCUT2D eigenvalue weighted by Crippen LogP contribution is -2.38. The Labute approximate surface area is 170 Å². The van der Waals surface area contributed by atoms with Gasteiger partial charge in [0.15, 0.2) is 0 Å². The van der Waals surface area contributed by atoms with E-state index in [2.05, 4.69) is 4.98 Å². The number of aliphatic hydroxyl groups excluding tert-OH is 2. The average molecular weight is 400 g/mol. The Bertz CT molecular complexity index is 796. The van der Waals surface area contributed by atoms with Crippen LogP contribution in [0.1, 0.15) is 35.2 Å². The van der Waals surface area contributed by atoms with Gasteiger partial charge < -0.3 is 24.6 Å². The summed E-state index contributed by atoms with van der Waals surface area (Å²) >= 11 is 0. The SMILES string of the molecule is COc1ccc(C(=O)N2CCCCc3ccccc3OC[C@@H](O)[C@@H](O)CC2)cn1. The van der Waals surface area contributed by atoms with E-state index in [4.69, 9.17) is 9.47 Å². The first kappa shape index (κ1) is 21.1. The highest BCUT2D eigenvalue weighted by atomic mass is 16.5. The maximum Gasteiger partial charge on any atom is 0.255 e. The summed E-state index contributed by atoms with van der Waals surface area (Å²) in [5.41, 5.74) is 1.53. The van der Waals surface area contributed by atoms with Crippen LogP contribution < -0.4 is 9.47 Å². The zero-order valence-corrected chi connectivity index (χ0v) is 16.7. The van der Waals surface area contributed by atoms with Gasteiger partial charge in [0.1, 0.15) is 18.5 Å². The number of nitrogens with zero attached hydrogens (tertiary/aromatic N) is 2. The number of benzene rings is 1. The first-order valence-electron chi connectivity index (χ1n) is 9.94. The predicted molar refractivity (Wildman–Crippen MR) is 108 cm³/mol. The van der Waals surface area contributed by atoms with Crippen molar-refractivity contribution in [3.63, 3.8) is 0 Å². The summed E-state index contributed by atoms with van der Waals surface area (Å²) in [5, 5.41) is 20.6. The van der Waals surface area contributed by atoms with Crippen LogP contribution in [0.5, 0.6) is 11.6 Å². The van der Waals surface area contributed by atoms with Gasteiger partial charge in [0, 0.05) is 25.4 Å². The maximum atomic E-state index is 12.9. The Morgan fingerprint density at radius 2 is 1.97 bits per heavy atom. The standard InChI is InChI=1S/C22H28N2O5/c1-28-21-10-9-17(14-23-21)22(27)24-12-5-4-7-16-6-2-3-8-20(16)29-15-19(26)18(25)11-13-24/h2-3,6,8-10,14,18-19,25-26H,4-5,7,11-13,15H2,1H3/t18-,19+/m0/s1. The van der Waals surface area contributed by atoms with Gasteiger partial charge in [0.2, 0.25) is 5.88 Å². The molecule has 0 spiro atoms. The topological polar surface area (TPSA) is 92.1 Å². The third kappa shape index (κ3) is 5.68. The highest BCUT2D eigenvalue weighted by molar-refractivity contribution is 5.94. The van der Waals surface area contributed by atoms with Crippen molar-refractivity contribution in [1.29, 1.82) is 0 Å². The molecule has 2 N–H and O–H groups in total. The van der Waals surface area contributed by atoms with E-state index in [0.717, 1.165) is 30.6 Å². The number of ether oxygens (including phenoxy) is 2. The molecule has 1 aromatic carbocycles. The van der Waals surface area contributed by atoms with E-state index in [1.54, 1.807) is 17.0 Å². The quantitative estimate of drug-likeness (QED) is 0.802. The van der Waals surface area contributed by atoms with E-state index in [1.165, 1.54) is 13.3 Å². The van der Waals surface area contributed by atoms with Crippen molar-refractivity contribution < 1.29 is 24.5 Å². The molecule has 0 aliphatic carbocycles. The first-order valence-corrected chi connectivity index (χ1v) is 9.94. The fourth-order valence-corrected chi connectivity index (χ4v) is 3.36. The molecule has 7 nitrogen and oxygen atoms in total.